The number of rotatable bonds is 20. The maximum atomic E-state index is 14.9. The zero-order chi connectivity index (χ0) is 51.6. The molecule has 374 valence electrons. The van der Waals surface area contributed by atoms with E-state index in [9.17, 15) is 19.5 Å². The molecule has 0 radical (unpaired) electrons. The molecule has 3 N–H and O–H groups in total. The van der Waals surface area contributed by atoms with Gasteiger partial charge in [0.2, 0.25) is 34.7 Å². The van der Waals surface area contributed by atoms with Crippen LogP contribution in [0.25, 0.3) is 5.57 Å². The predicted molar refractivity (Wildman–Crippen MR) is 300 cm³/mol. The van der Waals surface area contributed by atoms with Crippen molar-refractivity contribution < 1.29 is 19.5 Å². The minimum atomic E-state index is -0.383. The molecule has 0 heterocycles. The molecule has 2 atom stereocenters. The summed E-state index contributed by atoms with van der Waals surface area (Å²) in [7, 11) is 0. The van der Waals surface area contributed by atoms with Gasteiger partial charge in [-0.2, -0.15) is 4.58 Å². The fraction of sp³-hybridized carbons (Fsp3) is 0.344. The fourth-order valence-electron chi connectivity index (χ4n) is 9.55. The molecule has 2 amide bonds. The van der Waals surface area contributed by atoms with Crippen LogP contribution in [0.5, 0.6) is 0 Å². The third-order valence-corrected chi connectivity index (χ3v) is 13.7. The fourth-order valence-corrected chi connectivity index (χ4v) is 9.55. The highest BCUT2D eigenvalue weighted by Crippen LogP contribution is 2.45. The van der Waals surface area contributed by atoms with Crippen LogP contribution in [-0.4, -0.2) is 28.4 Å². The largest absolute Gasteiger partial charge is 0.506 e. The van der Waals surface area contributed by atoms with E-state index in [0.717, 1.165) is 94.9 Å². The van der Waals surface area contributed by atoms with Gasteiger partial charge in [-0.15, -0.1) is 0 Å². The van der Waals surface area contributed by atoms with Crippen LogP contribution in [0.1, 0.15) is 121 Å². The van der Waals surface area contributed by atoms with Gasteiger partial charge < -0.3 is 20.6 Å². The van der Waals surface area contributed by atoms with E-state index < -0.39 is 0 Å². The number of carbonyl (C=O) groups is 3. The highest BCUT2D eigenvalue weighted by Gasteiger charge is 2.40. The number of allylic oxidation sites excluding steroid dienone is 5. The Bertz CT molecular complexity index is 2820. The van der Waals surface area contributed by atoms with Gasteiger partial charge in [0.15, 0.2) is 0 Å². The lowest BCUT2D eigenvalue weighted by Crippen LogP contribution is -2.31. The number of anilines is 4. The number of aryl methyl sites for hydroxylation is 4. The molecule has 0 saturated carbocycles. The smallest absolute Gasteiger partial charge is 0.224 e. The van der Waals surface area contributed by atoms with Gasteiger partial charge in [-0.1, -0.05) is 151 Å². The van der Waals surface area contributed by atoms with Crippen LogP contribution in [0.3, 0.4) is 0 Å². The number of benzene rings is 5. The van der Waals surface area contributed by atoms with Crippen LogP contribution in [0.2, 0.25) is 0 Å². The molecule has 0 aromatic heterocycles. The van der Waals surface area contributed by atoms with Crippen molar-refractivity contribution in [2.24, 2.45) is 23.7 Å². The van der Waals surface area contributed by atoms with Crippen molar-refractivity contribution in [3.8, 4) is 0 Å². The summed E-state index contributed by atoms with van der Waals surface area (Å²) in [5.41, 5.74) is 11.7. The summed E-state index contributed by atoms with van der Waals surface area (Å²) >= 11 is 0. The van der Waals surface area contributed by atoms with Gasteiger partial charge in [0.05, 0.1) is 22.5 Å². The van der Waals surface area contributed by atoms with Gasteiger partial charge in [-0.3, -0.25) is 14.4 Å². The Hall–Kier alpha value is -7.06. The van der Waals surface area contributed by atoms with Crippen LogP contribution < -0.4 is 20.1 Å². The molecule has 8 heteroatoms. The van der Waals surface area contributed by atoms with Crippen LogP contribution in [0.4, 0.5) is 34.1 Å². The first kappa shape index (κ1) is 52.8. The summed E-state index contributed by atoms with van der Waals surface area (Å²) in [6, 6.07) is 38.8. The summed E-state index contributed by atoms with van der Waals surface area (Å²) in [6.07, 6.45) is 12.4. The molecule has 7 rings (SSSR count). The Balaban J connectivity index is 1.34. The molecule has 2 unspecified atom stereocenters. The Morgan fingerprint density at radius 2 is 1.00 bits per heavy atom. The molecule has 2 aliphatic rings. The van der Waals surface area contributed by atoms with Crippen molar-refractivity contribution in [2.75, 3.05) is 10.2 Å². The van der Waals surface area contributed by atoms with E-state index in [-0.39, 0.29) is 46.3 Å². The quantitative estimate of drug-likeness (QED) is 0.0533. The van der Waals surface area contributed by atoms with Crippen molar-refractivity contribution in [1.29, 1.82) is 0 Å². The van der Waals surface area contributed by atoms with E-state index in [0.29, 0.717) is 47.2 Å². The second-order valence-electron chi connectivity index (χ2n) is 21.3. The average molecular weight is 964 g/mol. The molecular formula is C64H75N4O4+. The van der Waals surface area contributed by atoms with Crippen molar-refractivity contribution >= 4 is 63.0 Å². The molecular weight excluding hydrogens is 889 g/mol. The summed E-state index contributed by atoms with van der Waals surface area (Å²) in [6.45, 7) is 21.3. The number of hydrogen-bond acceptors (Lipinski definition) is 5. The van der Waals surface area contributed by atoms with E-state index in [1.54, 1.807) is 0 Å². The lowest BCUT2D eigenvalue weighted by Gasteiger charge is -2.29. The third-order valence-electron chi connectivity index (χ3n) is 13.7. The Kier molecular flexibility index (Phi) is 17.5. The molecule has 0 saturated heterocycles. The van der Waals surface area contributed by atoms with Crippen molar-refractivity contribution in [1.82, 2.24) is 9.89 Å². The van der Waals surface area contributed by atoms with Crippen LogP contribution in [0, 0.1) is 51.4 Å². The number of aliphatic hydroxyl groups excluding tert-OH is 1. The maximum Gasteiger partial charge on any atom is 0.224 e. The molecule has 8 nitrogen and oxygen atoms in total. The van der Waals surface area contributed by atoms with E-state index in [1.807, 2.05) is 36.4 Å². The maximum absolute atomic E-state index is 14.9. The molecule has 0 fully saturated rings. The summed E-state index contributed by atoms with van der Waals surface area (Å²) in [5, 5.41) is 18.7. The van der Waals surface area contributed by atoms with E-state index in [2.05, 4.69) is 186 Å². The second kappa shape index (κ2) is 23.9. The first-order valence-corrected chi connectivity index (χ1v) is 26.1. The van der Waals surface area contributed by atoms with Crippen molar-refractivity contribution in [3.05, 3.63) is 184 Å². The molecule has 0 spiro atoms. The first-order valence-electron chi connectivity index (χ1n) is 26.1. The summed E-state index contributed by atoms with van der Waals surface area (Å²) in [4.78, 5) is 45.1. The average Bonchev–Trinajstić information content (AvgIpc) is 3.32. The Morgan fingerprint density at radius 3 is 1.46 bits per heavy atom. The minimum Gasteiger partial charge on any atom is -0.506 e. The predicted octanol–water partition coefficient (Wildman–Crippen LogP) is 15.7. The zero-order valence-corrected chi connectivity index (χ0v) is 44.2. The van der Waals surface area contributed by atoms with Crippen LogP contribution in [-0.2, 0) is 14.4 Å². The van der Waals surface area contributed by atoms with Gasteiger partial charge in [-0.05, 0) is 99.9 Å². The highest BCUT2D eigenvalue weighted by molar-refractivity contribution is 6.40. The van der Waals surface area contributed by atoms with Crippen molar-refractivity contribution in [3.63, 3.8) is 0 Å². The van der Waals surface area contributed by atoms with E-state index in [4.69, 9.17) is 0 Å². The highest BCUT2D eigenvalue weighted by atomic mass is 16.3. The van der Waals surface area contributed by atoms with Crippen LogP contribution >= 0.6 is 0 Å². The standard InChI is InChI=1S/C64H74N4O4/c1-41(2)13-11-15-47(9)37-59(69)65-57-39-53(67(49-25-17-43(5)18-26-49)50-27-19-44(6)20-28-50)33-35-55(57)61-63(71)62(64(61)72)56-36-34-54(40-58(56)66-60(70)38-48(10)16-12-14-42(3)4)68(51-29-21-45(7)22-30-51)52-31-23-46(8)24-32-52/h17-36,39-42,47-48H,11-16,37-38H2,1-10H3,(H2,65,66,69,70,71,72)/p+1. The van der Waals surface area contributed by atoms with E-state index >= 15 is 0 Å². The van der Waals surface area contributed by atoms with Crippen LogP contribution in [0.15, 0.2) is 156 Å². The SMILES string of the molecule is Cc1ccc(N(c2ccc(C)cc2)c2ccc(C3=C(O)/C(=C4/C=CC(=[N+](c5ccc(C)cc5)c5ccc(C)cc5)C=C4NC(=O)CC(C)CCCC(C)C)C3=O)c(NC(=O)CC(C)CCCC(C)C)c2)cc1. The van der Waals surface area contributed by atoms with Gasteiger partial charge >= 0.3 is 0 Å². The number of aliphatic hydroxyl groups is 1. The number of carbonyl (C=O) groups excluding carboxylic acids is 3. The van der Waals surface area contributed by atoms with Gasteiger partial charge in [0.25, 0.3) is 0 Å². The number of nitrogens with one attached hydrogen (secondary N) is 2. The van der Waals surface area contributed by atoms with E-state index in [1.165, 1.54) is 0 Å². The number of ketones is 1. The molecule has 0 bridgehead atoms. The number of Topliss-reactive ketones (excluding diaryl/α,β-unsaturated/α-hetero) is 1. The zero-order valence-electron chi connectivity index (χ0n) is 44.2. The van der Waals surface area contributed by atoms with Gasteiger partial charge in [0.1, 0.15) is 5.76 Å². The number of nitrogens with zero attached hydrogens (tertiary/aromatic N) is 2. The first-order chi connectivity index (χ1) is 34.4. The second-order valence-corrected chi connectivity index (χ2v) is 21.3. The number of hydrogen-bond donors (Lipinski definition) is 3. The third kappa shape index (κ3) is 13.3. The summed E-state index contributed by atoms with van der Waals surface area (Å²) < 4.78 is 2.12. The van der Waals surface area contributed by atoms with Gasteiger partial charge in [-0.25, -0.2) is 0 Å². The minimum absolute atomic E-state index is 0.107. The van der Waals surface area contributed by atoms with Crippen molar-refractivity contribution in [2.45, 2.75) is 121 Å². The Labute approximate surface area is 429 Å². The molecule has 2 aliphatic carbocycles. The van der Waals surface area contributed by atoms with Gasteiger partial charge in [0, 0.05) is 77.5 Å². The lowest BCUT2D eigenvalue weighted by atomic mass is 9.78. The number of amides is 2. The molecule has 5 aromatic carbocycles. The monoisotopic (exact) mass is 964 g/mol. The molecule has 5 aromatic rings. The Morgan fingerprint density at radius 1 is 0.556 bits per heavy atom. The normalized spacial score (nSPS) is 15.4. The molecule has 72 heavy (non-hydrogen) atoms. The lowest BCUT2D eigenvalue weighted by molar-refractivity contribution is -0.121. The summed E-state index contributed by atoms with van der Waals surface area (Å²) in [5.74, 6) is 0.581. The topological polar surface area (TPSA) is 102 Å². The molecule has 0 aliphatic heterocycles.